The topological polar surface area (TPSA) is 86.5 Å². The fraction of sp³-hybridized carbons (Fsp3) is 0.167. The Bertz CT molecular complexity index is 461. The van der Waals surface area contributed by atoms with Gasteiger partial charge in [-0.1, -0.05) is 0 Å². The van der Waals surface area contributed by atoms with Crippen LogP contribution in [0.1, 0.15) is 0 Å². The third kappa shape index (κ3) is 1.48. The Morgan fingerprint density at radius 2 is 2.31 bits per heavy atom. The average Bonchev–Trinajstić information content (AvgIpc) is 2.52. The largest absolute Gasteiger partial charge is 0.359 e. The summed E-state index contributed by atoms with van der Waals surface area (Å²) >= 11 is 0. The monoisotopic (exact) mass is 201 g/mol. The lowest BCUT2D eigenvalue weighted by Crippen LogP contribution is -2.11. The molecule has 2 rings (SSSR count). The van der Waals surface area contributed by atoms with E-state index in [0.717, 1.165) is 0 Å². The van der Waals surface area contributed by atoms with E-state index in [-0.39, 0.29) is 18.0 Å². The molecule has 2 heterocycles. The number of fused-ring (bicyclic) bond motifs is 1. The summed E-state index contributed by atoms with van der Waals surface area (Å²) in [6.45, 7) is 0. The van der Waals surface area contributed by atoms with E-state index >= 15 is 0 Å². The molecule has 0 atom stereocenters. The van der Waals surface area contributed by atoms with Crippen LogP contribution in [0, 0.1) is 0 Å². The SMILES string of the molecule is CNc1nc2nc[nH]c2c(=O)[nH]1.Cl. The Balaban J connectivity index is 0.000000845. The minimum Gasteiger partial charge on any atom is -0.359 e. The second-order valence-corrected chi connectivity index (χ2v) is 2.27. The third-order valence-electron chi connectivity index (χ3n) is 1.53. The number of rotatable bonds is 1. The molecule has 7 heteroatoms. The first-order valence-corrected chi connectivity index (χ1v) is 3.42. The number of aromatic nitrogens is 4. The lowest BCUT2D eigenvalue weighted by atomic mass is 10.5. The van der Waals surface area contributed by atoms with Gasteiger partial charge in [0.15, 0.2) is 11.2 Å². The first kappa shape index (κ1) is 9.53. The maximum Gasteiger partial charge on any atom is 0.278 e. The molecular weight excluding hydrogens is 194 g/mol. The van der Waals surface area contributed by atoms with Crippen molar-refractivity contribution in [3.8, 4) is 0 Å². The molecule has 0 spiro atoms. The van der Waals surface area contributed by atoms with Crippen molar-refractivity contribution in [2.75, 3.05) is 12.4 Å². The standard InChI is InChI=1S/C6H7N5O.ClH/c1-7-6-10-4-3(5(12)11-6)8-2-9-4;/h2H,1H3,(H3,7,8,9,10,11,12);1H. The number of H-pyrrole nitrogens is 2. The molecule has 0 aliphatic rings. The predicted octanol–water partition coefficient (Wildman–Crippen LogP) is 0.110. The zero-order chi connectivity index (χ0) is 8.55. The van der Waals surface area contributed by atoms with Crippen molar-refractivity contribution in [2.24, 2.45) is 0 Å². The van der Waals surface area contributed by atoms with Gasteiger partial charge in [0.2, 0.25) is 5.95 Å². The summed E-state index contributed by atoms with van der Waals surface area (Å²) in [6.07, 6.45) is 1.44. The maximum absolute atomic E-state index is 11.2. The van der Waals surface area contributed by atoms with Gasteiger partial charge in [0, 0.05) is 7.05 Å². The van der Waals surface area contributed by atoms with Crippen LogP contribution in [0.2, 0.25) is 0 Å². The number of imidazole rings is 1. The number of anilines is 1. The van der Waals surface area contributed by atoms with Crippen molar-refractivity contribution in [3.05, 3.63) is 16.7 Å². The Hall–Kier alpha value is -1.56. The predicted molar refractivity (Wildman–Crippen MR) is 51.3 cm³/mol. The third-order valence-corrected chi connectivity index (χ3v) is 1.53. The van der Waals surface area contributed by atoms with Crippen molar-refractivity contribution < 1.29 is 0 Å². The number of hydrogen-bond donors (Lipinski definition) is 3. The van der Waals surface area contributed by atoms with Gasteiger partial charge in [-0.05, 0) is 0 Å². The summed E-state index contributed by atoms with van der Waals surface area (Å²) < 4.78 is 0. The summed E-state index contributed by atoms with van der Waals surface area (Å²) in [4.78, 5) is 24.3. The molecule has 0 fully saturated rings. The zero-order valence-electron chi connectivity index (χ0n) is 6.79. The van der Waals surface area contributed by atoms with E-state index in [4.69, 9.17) is 0 Å². The summed E-state index contributed by atoms with van der Waals surface area (Å²) in [5.74, 6) is 0.416. The van der Waals surface area contributed by atoms with Crippen LogP contribution in [0.3, 0.4) is 0 Å². The van der Waals surface area contributed by atoms with E-state index in [1.165, 1.54) is 6.33 Å². The lowest BCUT2D eigenvalue weighted by Gasteiger charge is -1.95. The summed E-state index contributed by atoms with van der Waals surface area (Å²) in [7, 11) is 1.68. The van der Waals surface area contributed by atoms with Crippen molar-refractivity contribution in [1.82, 2.24) is 19.9 Å². The van der Waals surface area contributed by atoms with Gasteiger partial charge in [0.25, 0.3) is 5.56 Å². The highest BCUT2D eigenvalue weighted by molar-refractivity contribution is 5.85. The van der Waals surface area contributed by atoms with Crippen molar-refractivity contribution >= 4 is 29.5 Å². The van der Waals surface area contributed by atoms with Gasteiger partial charge in [-0.2, -0.15) is 4.98 Å². The quantitative estimate of drug-likeness (QED) is 0.611. The molecule has 3 N–H and O–H groups in total. The number of hydrogen-bond acceptors (Lipinski definition) is 4. The summed E-state index contributed by atoms with van der Waals surface area (Å²) in [6, 6.07) is 0. The average molecular weight is 202 g/mol. The molecule has 2 aromatic rings. The Morgan fingerprint density at radius 1 is 1.54 bits per heavy atom. The molecule has 0 bridgehead atoms. The summed E-state index contributed by atoms with van der Waals surface area (Å²) in [5, 5.41) is 2.73. The van der Waals surface area contributed by atoms with Gasteiger partial charge in [-0.25, -0.2) is 4.98 Å². The van der Waals surface area contributed by atoms with Gasteiger partial charge in [-0.15, -0.1) is 12.4 Å². The molecule has 0 radical (unpaired) electrons. The minimum absolute atomic E-state index is 0. The molecule has 70 valence electrons. The second-order valence-electron chi connectivity index (χ2n) is 2.27. The molecule has 13 heavy (non-hydrogen) atoms. The molecule has 0 amide bonds. The molecule has 6 nitrogen and oxygen atoms in total. The van der Waals surface area contributed by atoms with Gasteiger partial charge < -0.3 is 10.3 Å². The van der Waals surface area contributed by atoms with E-state index in [0.29, 0.717) is 17.1 Å². The van der Waals surface area contributed by atoms with Crippen LogP contribution in [-0.2, 0) is 0 Å². The first-order valence-electron chi connectivity index (χ1n) is 3.42. The Kier molecular flexibility index (Phi) is 2.52. The molecule has 0 aromatic carbocycles. The van der Waals surface area contributed by atoms with Crippen LogP contribution in [0.4, 0.5) is 5.95 Å². The van der Waals surface area contributed by atoms with E-state index in [1.807, 2.05) is 0 Å². The molecule has 0 saturated heterocycles. The number of nitrogens with zero attached hydrogens (tertiary/aromatic N) is 2. The second kappa shape index (κ2) is 3.44. The number of nitrogens with one attached hydrogen (secondary N) is 3. The van der Waals surface area contributed by atoms with Gasteiger partial charge in [-0.3, -0.25) is 9.78 Å². The van der Waals surface area contributed by atoms with Crippen molar-refractivity contribution in [2.45, 2.75) is 0 Å². The van der Waals surface area contributed by atoms with E-state index in [2.05, 4.69) is 25.3 Å². The highest BCUT2D eigenvalue weighted by atomic mass is 35.5. The minimum atomic E-state index is -0.221. The molecule has 0 saturated carbocycles. The van der Waals surface area contributed by atoms with Crippen LogP contribution < -0.4 is 10.9 Å². The Morgan fingerprint density at radius 3 is 3.00 bits per heavy atom. The van der Waals surface area contributed by atoms with E-state index < -0.39 is 0 Å². The van der Waals surface area contributed by atoms with E-state index in [9.17, 15) is 4.79 Å². The lowest BCUT2D eigenvalue weighted by molar-refractivity contribution is 1.14. The molecule has 0 unspecified atom stereocenters. The summed E-state index contributed by atoms with van der Waals surface area (Å²) in [5.41, 5.74) is 0.596. The maximum atomic E-state index is 11.2. The first-order chi connectivity index (χ1) is 5.81. The van der Waals surface area contributed by atoms with Crippen molar-refractivity contribution in [3.63, 3.8) is 0 Å². The van der Waals surface area contributed by atoms with Gasteiger partial charge in [0.05, 0.1) is 6.33 Å². The Labute approximate surface area is 79.2 Å². The molecular formula is C6H8ClN5O. The van der Waals surface area contributed by atoms with E-state index in [1.54, 1.807) is 7.05 Å². The highest BCUT2D eigenvalue weighted by Gasteiger charge is 2.03. The number of halogens is 1. The van der Waals surface area contributed by atoms with Crippen molar-refractivity contribution in [1.29, 1.82) is 0 Å². The van der Waals surface area contributed by atoms with Crippen LogP contribution in [0.5, 0.6) is 0 Å². The van der Waals surface area contributed by atoms with Gasteiger partial charge >= 0.3 is 0 Å². The number of aromatic amines is 2. The zero-order valence-corrected chi connectivity index (χ0v) is 7.60. The van der Waals surface area contributed by atoms with Crippen LogP contribution in [-0.4, -0.2) is 27.0 Å². The normalized spacial score (nSPS) is 9.62. The fourth-order valence-electron chi connectivity index (χ4n) is 0.961. The molecule has 0 aliphatic carbocycles. The molecule has 2 aromatic heterocycles. The smallest absolute Gasteiger partial charge is 0.278 e. The van der Waals surface area contributed by atoms with Crippen LogP contribution in [0.25, 0.3) is 11.2 Å². The van der Waals surface area contributed by atoms with Gasteiger partial charge in [0.1, 0.15) is 0 Å². The van der Waals surface area contributed by atoms with Crippen LogP contribution in [0.15, 0.2) is 11.1 Å². The van der Waals surface area contributed by atoms with Crippen LogP contribution >= 0.6 is 12.4 Å². The fourth-order valence-corrected chi connectivity index (χ4v) is 0.961. The molecule has 0 aliphatic heterocycles. The highest BCUT2D eigenvalue weighted by Crippen LogP contribution is 2.00.